The van der Waals surface area contributed by atoms with Crippen molar-refractivity contribution >= 4 is 11.6 Å². The molecule has 0 aliphatic rings. The maximum Gasteiger partial charge on any atom is 0.255 e. The van der Waals surface area contributed by atoms with Gasteiger partial charge in [-0.05, 0) is 36.8 Å². The molecule has 0 saturated heterocycles. The SMILES string of the molecule is COCCn1cc(NC(=O)c2cc(C)cc(F)c2)ccc1=O. The molecule has 0 fully saturated rings. The van der Waals surface area contributed by atoms with Gasteiger partial charge in [-0.3, -0.25) is 9.59 Å². The number of nitrogens with zero attached hydrogens (tertiary/aromatic N) is 1. The van der Waals surface area contributed by atoms with Crippen molar-refractivity contribution in [3.05, 3.63) is 63.8 Å². The van der Waals surface area contributed by atoms with Crippen LogP contribution >= 0.6 is 0 Å². The number of anilines is 1. The topological polar surface area (TPSA) is 60.3 Å². The minimum absolute atomic E-state index is 0.184. The van der Waals surface area contributed by atoms with Crippen LogP contribution in [0, 0.1) is 12.7 Å². The zero-order valence-corrected chi connectivity index (χ0v) is 12.4. The molecule has 2 rings (SSSR count). The normalized spacial score (nSPS) is 10.5. The van der Waals surface area contributed by atoms with Gasteiger partial charge in [-0.1, -0.05) is 0 Å². The molecule has 1 aromatic heterocycles. The molecular weight excluding hydrogens is 287 g/mol. The number of rotatable bonds is 5. The zero-order chi connectivity index (χ0) is 16.1. The Morgan fingerprint density at radius 2 is 2.09 bits per heavy atom. The summed E-state index contributed by atoms with van der Waals surface area (Å²) >= 11 is 0. The van der Waals surface area contributed by atoms with Crippen molar-refractivity contribution in [2.45, 2.75) is 13.5 Å². The number of aromatic nitrogens is 1. The number of amides is 1. The Morgan fingerprint density at radius 3 is 2.77 bits per heavy atom. The van der Waals surface area contributed by atoms with Gasteiger partial charge in [-0.15, -0.1) is 0 Å². The number of benzene rings is 1. The number of carbonyl (C=O) groups excluding carboxylic acids is 1. The standard InChI is InChI=1S/C16H17FN2O3/c1-11-7-12(9-13(17)8-11)16(21)18-14-3-4-15(20)19(10-14)5-6-22-2/h3-4,7-10H,5-6H2,1-2H3,(H,18,21). The van der Waals surface area contributed by atoms with Crippen molar-refractivity contribution in [2.75, 3.05) is 19.0 Å². The number of pyridine rings is 1. The van der Waals surface area contributed by atoms with E-state index >= 15 is 0 Å². The van der Waals surface area contributed by atoms with E-state index in [2.05, 4.69) is 5.32 Å². The molecule has 1 amide bonds. The van der Waals surface area contributed by atoms with E-state index in [1.54, 1.807) is 20.1 Å². The molecular formula is C16H17FN2O3. The van der Waals surface area contributed by atoms with Gasteiger partial charge in [0, 0.05) is 31.5 Å². The van der Waals surface area contributed by atoms with Crippen LogP contribution in [0.1, 0.15) is 15.9 Å². The Hall–Kier alpha value is -2.47. The number of methoxy groups -OCH3 is 1. The fourth-order valence-electron chi connectivity index (χ4n) is 2.04. The van der Waals surface area contributed by atoms with Gasteiger partial charge in [-0.2, -0.15) is 0 Å². The second-order valence-corrected chi connectivity index (χ2v) is 4.91. The quantitative estimate of drug-likeness (QED) is 0.921. The number of nitrogens with one attached hydrogen (secondary N) is 1. The Morgan fingerprint density at radius 1 is 1.32 bits per heavy atom. The lowest BCUT2D eigenvalue weighted by Crippen LogP contribution is -2.22. The number of carbonyl (C=O) groups is 1. The van der Waals surface area contributed by atoms with E-state index in [1.807, 2.05) is 0 Å². The van der Waals surface area contributed by atoms with Crippen LogP contribution in [0.5, 0.6) is 0 Å². The fourth-order valence-corrected chi connectivity index (χ4v) is 2.04. The summed E-state index contributed by atoms with van der Waals surface area (Å²) in [6, 6.07) is 6.99. The number of ether oxygens (including phenoxy) is 1. The van der Waals surface area contributed by atoms with Gasteiger partial charge >= 0.3 is 0 Å². The first-order chi connectivity index (χ1) is 10.5. The zero-order valence-electron chi connectivity index (χ0n) is 12.4. The lowest BCUT2D eigenvalue weighted by Gasteiger charge is -2.09. The van der Waals surface area contributed by atoms with E-state index in [-0.39, 0.29) is 11.1 Å². The second kappa shape index (κ2) is 7.00. The highest BCUT2D eigenvalue weighted by molar-refractivity contribution is 6.04. The largest absolute Gasteiger partial charge is 0.383 e. The van der Waals surface area contributed by atoms with Crippen LogP contribution in [0.2, 0.25) is 0 Å². The number of hydrogen-bond acceptors (Lipinski definition) is 3. The Kier molecular flexibility index (Phi) is 5.06. The van der Waals surface area contributed by atoms with E-state index in [0.717, 1.165) is 0 Å². The van der Waals surface area contributed by atoms with Crippen LogP contribution in [0.4, 0.5) is 10.1 Å². The van der Waals surface area contributed by atoms with Crippen LogP contribution in [0.15, 0.2) is 41.3 Å². The van der Waals surface area contributed by atoms with E-state index in [1.165, 1.54) is 35.0 Å². The predicted octanol–water partition coefficient (Wildman–Crippen LogP) is 2.19. The van der Waals surface area contributed by atoms with Crippen molar-refractivity contribution in [1.82, 2.24) is 4.57 Å². The lowest BCUT2D eigenvalue weighted by molar-refractivity contribution is 0.102. The van der Waals surface area contributed by atoms with Gasteiger partial charge in [0.25, 0.3) is 11.5 Å². The molecule has 1 N–H and O–H groups in total. The summed E-state index contributed by atoms with van der Waals surface area (Å²) < 4.78 is 19.7. The van der Waals surface area contributed by atoms with Crippen LogP contribution in [0.25, 0.3) is 0 Å². The highest BCUT2D eigenvalue weighted by Gasteiger charge is 2.09. The molecule has 1 aromatic carbocycles. The monoisotopic (exact) mass is 304 g/mol. The molecule has 0 saturated carbocycles. The van der Waals surface area contributed by atoms with E-state index in [4.69, 9.17) is 4.74 Å². The molecule has 6 heteroatoms. The summed E-state index contributed by atoms with van der Waals surface area (Å²) in [5, 5.41) is 2.65. The van der Waals surface area contributed by atoms with Gasteiger partial charge in [0.1, 0.15) is 5.82 Å². The van der Waals surface area contributed by atoms with Crippen LogP contribution in [0.3, 0.4) is 0 Å². The first-order valence-electron chi connectivity index (χ1n) is 6.77. The molecule has 5 nitrogen and oxygen atoms in total. The van der Waals surface area contributed by atoms with Crippen molar-refractivity contribution in [3.63, 3.8) is 0 Å². The number of aryl methyl sites for hydroxylation is 1. The Labute approximate surface area is 127 Å². The van der Waals surface area contributed by atoms with Gasteiger partial charge in [0.2, 0.25) is 0 Å². The summed E-state index contributed by atoms with van der Waals surface area (Å²) in [7, 11) is 1.54. The summed E-state index contributed by atoms with van der Waals surface area (Å²) in [6.07, 6.45) is 1.53. The first kappa shape index (κ1) is 15.9. The molecule has 0 spiro atoms. The van der Waals surface area contributed by atoms with Crippen molar-refractivity contribution in [3.8, 4) is 0 Å². The van der Waals surface area contributed by atoms with E-state index < -0.39 is 11.7 Å². The van der Waals surface area contributed by atoms with E-state index in [0.29, 0.717) is 24.4 Å². The Balaban J connectivity index is 2.19. The predicted molar refractivity (Wildman–Crippen MR) is 81.7 cm³/mol. The summed E-state index contributed by atoms with van der Waals surface area (Å²) in [5.41, 5.74) is 1.17. The molecule has 116 valence electrons. The molecule has 0 radical (unpaired) electrons. The molecule has 2 aromatic rings. The first-order valence-corrected chi connectivity index (χ1v) is 6.77. The van der Waals surface area contributed by atoms with Gasteiger partial charge in [0.15, 0.2) is 0 Å². The minimum Gasteiger partial charge on any atom is -0.383 e. The third kappa shape index (κ3) is 4.02. The molecule has 0 aliphatic heterocycles. The number of hydrogen-bond donors (Lipinski definition) is 1. The van der Waals surface area contributed by atoms with Crippen LogP contribution < -0.4 is 10.9 Å². The Bertz CT molecular complexity index is 720. The molecule has 0 bridgehead atoms. The average molecular weight is 304 g/mol. The highest BCUT2D eigenvalue weighted by atomic mass is 19.1. The maximum atomic E-state index is 13.3. The average Bonchev–Trinajstić information content (AvgIpc) is 2.46. The summed E-state index contributed by atoms with van der Waals surface area (Å²) in [6.45, 7) is 2.49. The smallest absolute Gasteiger partial charge is 0.255 e. The molecule has 0 atom stereocenters. The van der Waals surface area contributed by atoms with Gasteiger partial charge in [-0.25, -0.2) is 4.39 Å². The second-order valence-electron chi connectivity index (χ2n) is 4.91. The van der Waals surface area contributed by atoms with Gasteiger partial charge < -0.3 is 14.6 Å². The minimum atomic E-state index is -0.463. The molecule has 22 heavy (non-hydrogen) atoms. The van der Waals surface area contributed by atoms with E-state index in [9.17, 15) is 14.0 Å². The lowest BCUT2D eigenvalue weighted by atomic mass is 10.1. The third-order valence-corrected chi connectivity index (χ3v) is 3.08. The van der Waals surface area contributed by atoms with Crippen molar-refractivity contribution < 1.29 is 13.9 Å². The summed E-state index contributed by atoms with van der Waals surface area (Å²) in [4.78, 5) is 23.8. The van der Waals surface area contributed by atoms with Crippen molar-refractivity contribution in [2.24, 2.45) is 0 Å². The molecule has 0 unspecified atom stereocenters. The van der Waals surface area contributed by atoms with Crippen molar-refractivity contribution in [1.29, 1.82) is 0 Å². The third-order valence-electron chi connectivity index (χ3n) is 3.08. The van der Waals surface area contributed by atoms with Crippen LogP contribution in [-0.4, -0.2) is 24.2 Å². The maximum absolute atomic E-state index is 13.3. The highest BCUT2D eigenvalue weighted by Crippen LogP contribution is 2.11. The van der Waals surface area contributed by atoms with Crippen LogP contribution in [-0.2, 0) is 11.3 Å². The molecule has 1 heterocycles. The number of halogens is 1. The molecule has 0 aliphatic carbocycles. The van der Waals surface area contributed by atoms with Gasteiger partial charge in [0.05, 0.1) is 12.3 Å². The summed E-state index contributed by atoms with van der Waals surface area (Å²) in [5.74, 6) is -0.894. The fraction of sp³-hybridized carbons (Fsp3) is 0.250.